The largest absolute Gasteiger partial charge is 0.252 e. The van der Waals surface area contributed by atoms with Crippen molar-refractivity contribution in [2.75, 3.05) is 0 Å². The molecule has 0 aliphatic heterocycles. The minimum absolute atomic E-state index is 1.05. The van der Waals surface area contributed by atoms with Gasteiger partial charge in [0.05, 0.1) is 5.52 Å². The van der Waals surface area contributed by atoms with Crippen molar-refractivity contribution in [3.05, 3.63) is 103 Å². The van der Waals surface area contributed by atoms with E-state index in [0.717, 1.165) is 11.2 Å². The van der Waals surface area contributed by atoms with E-state index < -0.39 is 0 Å². The van der Waals surface area contributed by atoms with Crippen LogP contribution in [-0.4, -0.2) is 4.98 Å². The molecule has 27 heavy (non-hydrogen) atoms. The highest BCUT2D eigenvalue weighted by molar-refractivity contribution is 6.08. The molecule has 0 N–H and O–H groups in total. The molecule has 0 amide bonds. The van der Waals surface area contributed by atoms with Gasteiger partial charge in [-0.25, -0.2) is 0 Å². The van der Waals surface area contributed by atoms with Crippen molar-refractivity contribution in [1.29, 1.82) is 0 Å². The van der Waals surface area contributed by atoms with Gasteiger partial charge in [0.1, 0.15) is 0 Å². The van der Waals surface area contributed by atoms with E-state index in [1.54, 1.807) is 0 Å². The summed E-state index contributed by atoms with van der Waals surface area (Å²) in [6.07, 6.45) is 0. The van der Waals surface area contributed by atoms with E-state index >= 15 is 0 Å². The average Bonchev–Trinajstić information content (AvgIpc) is 2.72. The van der Waals surface area contributed by atoms with Crippen molar-refractivity contribution in [3.8, 4) is 22.3 Å². The van der Waals surface area contributed by atoms with Gasteiger partial charge in [-0.05, 0) is 41.0 Å². The summed E-state index contributed by atoms with van der Waals surface area (Å²) in [5.74, 6) is 0. The van der Waals surface area contributed by atoms with Crippen LogP contribution in [0.25, 0.3) is 43.9 Å². The van der Waals surface area contributed by atoms with Crippen LogP contribution >= 0.6 is 0 Å². The summed E-state index contributed by atoms with van der Waals surface area (Å²) < 4.78 is 0. The van der Waals surface area contributed by atoms with Crippen molar-refractivity contribution in [2.45, 2.75) is 6.92 Å². The van der Waals surface area contributed by atoms with Gasteiger partial charge in [-0.1, -0.05) is 84.9 Å². The summed E-state index contributed by atoms with van der Waals surface area (Å²) in [4.78, 5) is 4.99. The molecule has 5 rings (SSSR count). The molecule has 0 bridgehead atoms. The van der Waals surface area contributed by atoms with Crippen molar-refractivity contribution in [3.63, 3.8) is 0 Å². The van der Waals surface area contributed by atoms with E-state index in [4.69, 9.17) is 4.98 Å². The third kappa shape index (κ3) is 2.69. The number of pyridine rings is 1. The smallest absolute Gasteiger partial charge is 0.0718 e. The zero-order chi connectivity index (χ0) is 18.2. The number of hydrogen-bond acceptors (Lipinski definition) is 1. The summed E-state index contributed by atoms with van der Waals surface area (Å²) in [6.45, 7) is 2.11. The molecule has 1 heterocycles. The van der Waals surface area contributed by atoms with Crippen LogP contribution in [-0.2, 0) is 0 Å². The van der Waals surface area contributed by atoms with Gasteiger partial charge in [0.25, 0.3) is 0 Å². The fraction of sp³-hybridized carbons (Fsp3) is 0.0385. The molecule has 5 aromatic rings. The maximum absolute atomic E-state index is 4.99. The van der Waals surface area contributed by atoms with Gasteiger partial charge in [0.2, 0.25) is 0 Å². The second kappa shape index (κ2) is 6.37. The summed E-state index contributed by atoms with van der Waals surface area (Å²) >= 11 is 0. The topological polar surface area (TPSA) is 12.9 Å². The molecule has 0 saturated carbocycles. The Balaban J connectivity index is 1.96. The summed E-state index contributed by atoms with van der Waals surface area (Å²) in [7, 11) is 0. The molecule has 0 aliphatic carbocycles. The summed E-state index contributed by atoms with van der Waals surface area (Å²) in [5, 5.41) is 3.67. The molecule has 4 aromatic carbocycles. The first-order chi connectivity index (χ1) is 13.3. The molecule has 0 aliphatic rings. The monoisotopic (exact) mass is 345 g/mol. The predicted octanol–water partition coefficient (Wildman–Crippen LogP) is 7.03. The van der Waals surface area contributed by atoms with Gasteiger partial charge in [-0.15, -0.1) is 0 Å². The Hall–Kier alpha value is -3.45. The zero-order valence-corrected chi connectivity index (χ0v) is 15.2. The molecule has 0 atom stereocenters. The molecular weight excluding hydrogens is 326 g/mol. The van der Waals surface area contributed by atoms with Gasteiger partial charge >= 0.3 is 0 Å². The lowest BCUT2D eigenvalue weighted by molar-refractivity contribution is 1.26. The third-order valence-electron chi connectivity index (χ3n) is 5.16. The lowest BCUT2D eigenvalue weighted by Crippen LogP contribution is -1.95. The second-order valence-electron chi connectivity index (χ2n) is 6.90. The van der Waals surface area contributed by atoms with Crippen LogP contribution in [0.15, 0.2) is 97.1 Å². The Morgan fingerprint density at radius 3 is 1.70 bits per heavy atom. The highest BCUT2D eigenvalue weighted by Crippen LogP contribution is 2.40. The van der Waals surface area contributed by atoms with Gasteiger partial charge in [0, 0.05) is 22.2 Å². The highest BCUT2D eigenvalue weighted by atomic mass is 14.7. The molecule has 0 fully saturated rings. The lowest BCUT2D eigenvalue weighted by atomic mass is 9.89. The fourth-order valence-corrected chi connectivity index (χ4v) is 3.94. The number of aryl methyl sites for hydroxylation is 1. The van der Waals surface area contributed by atoms with Gasteiger partial charge in [-0.2, -0.15) is 0 Å². The number of benzene rings is 4. The second-order valence-corrected chi connectivity index (χ2v) is 6.90. The van der Waals surface area contributed by atoms with Crippen molar-refractivity contribution in [1.82, 2.24) is 4.98 Å². The average molecular weight is 345 g/mol. The Kier molecular flexibility index (Phi) is 3.72. The van der Waals surface area contributed by atoms with E-state index in [-0.39, 0.29) is 0 Å². The normalized spacial score (nSPS) is 11.1. The first-order valence-electron chi connectivity index (χ1n) is 9.25. The third-order valence-corrected chi connectivity index (χ3v) is 5.16. The Bertz CT molecular complexity index is 1260. The SMILES string of the molecule is Cc1nc2cc3ccccc3cc2c(-c2ccccc2)c1-c1ccccc1. The molecule has 0 spiro atoms. The van der Waals surface area contributed by atoms with E-state index in [2.05, 4.69) is 104 Å². The standard InChI is InChI=1S/C26H19N/c1-18-25(19-10-4-2-5-11-19)26(20-12-6-3-7-13-20)23-16-21-14-8-9-15-22(21)17-24(23)27-18/h2-17H,1H3. The number of aromatic nitrogens is 1. The van der Waals surface area contributed by atoms with Crippen molar-refractivity contribution < 1.29 is 0 Å². The number of hydrogen-bond donors (Lipinski definition) is 0. The number of rotatable bonds is 2. The first kappa shape index (κ1) is 15.8. The number of fused-ring (bicyclic) bond motifs is 2. The Morgan fingerprint density at radius 2 is 1.07 bits per heavy atom. The highest BCUT2D eigenvalue weighted by Gasteiger charge is 2.16. The summed E-state index contributed by atoms with van der Waals surface area (Å²) in [5.41, 5.74) is 7.01. The maximum atomic E-state index is 4.99. The van der Waals surface area contributed by atoms with Crippen molar-refractivity contribution >= 4 is 21.7 Å². The molecule has 0 saturated heterocycles. The van der Waals surface area contributed by atoms with Crippen LogP contribution in [0.3, 0.4) is 0 Å². The van der Waals surface area contributed by atoms with E-state index in [0.29, 0.717) is 0 Å². The predicted molar refractivity (Wildman–Crippen MR) is 115 cm³/mol. The van der Waals surface area contributed by atoms with E-state index in [1.165, 1.54) is 38.4 Å². The Morgan fingerprint density at radius 1 is 0.556 bits per heavy atom. The van der Waals surface area contributed by atoms with Crippen LogP contribution in [0, 0.1) is 6.92 Å². The fourth-order valence-electron chi connectivity index (χ4n) is 3.94. The minimum atomic E-state index is 1.05. The molecule has 0 radical (unpaired) electrons. The molecule has 1 nitrogen and oxygen atoms in total. The zero-order valence-electron chi connectivity index (χ0n) is 15.2. The van der Waals surface area contributed by atoms with Crippen LogP contribution in [0.5, 0.6) is 0 Å². The van der Waals surface area contributed by atoms with Crippen LogP contribution in [0.1, 0.15) is 5.69 Å². The lowest BCUT2D eigenvalue weighted by Gasteiger charge is -2.17. The Labute approximate surface area is 158 Å². The molecule has 1 heteroatoms. The number of nitrogens with zero attached hydrogens (tertiary/aromatic N) is 1. The quantitative estimate of drug-likeness (QED) is 0.313. The van der Waals surface area contributed by atoms with Crippen molar-refractivity contribution in [2.24, 2.45) is 0 Å². The van der Waals surface area contributed by atoms with Gasteiger partial charge < -0.3 is 0 Å². The molecule has 128 valence electrons. The maximum Gasteiger partial charge on any atom is 0.0718 e. The molecular formula is C26H19N. The van der Waals surface area contributed by atoms with Crippen LogP contribution < -0.4 is 0 Å². The van der Waals surface area contributed by atoms with Crippen LogP contribution in [0.4, 0.5) is 0 Å². The van der Waals surface area contributed by atoms with Crippen LogP contribution in [0.2, 0.25) is 0 Å². The van der Waals surface area contributed by atoms with E-state index in [9.17, 15) is 0 Å². The summed E-state index contributed by atoms with van der Waals surface area (Å²) in [6, 6.07) is 34.2. The minimum Gasteiger partial charge on any atom is -0.252 e. The van der Waals surface area contributed by atoms with Gasteiger partial charge in [0.15, 0.2) is 0 Å². The first-order valence-corrected chi connectivity index (χ1v) is 9.25. The molecule has 0 unspecified atom stereocenters. The van der Waals surface area contributed by atoms with E-state index in [1.807, 2.05) is 0 Å². The van der Waals surface area contributed by atoms with Gasteiger partial charge in [-0.3, -0.25) is 4.98 Å². The molecule has 1 aromatic heterocycles.